The van der Waals surface area contributed by atoms with Gasteiger partial charge in [0, 0.05) is 25.2 Å². The minimum absolute atomic E-state index is 0.0622. The van der Waals surface area contributed by atoms with E-state index in [9.17, 15) is 4.79 Å². The van der Waals surface area contributed by atoms with Gasteiger partial charge in [0.15, 0.2) is 10.8 Å². The van der Waals surface area contributed by atoms with Crippen LogP contribution < -0.4 is 10.2 Å². The van der Waals surface area contributed by atoms with Crippen molar-refractivity contribution in [2.45, 2.75) is 45.3 Å². The predicted molar refractivity (Wildman–Crippen MR) is 121 cm³/mol. The zero-order valence-electron chi connectivity index (χ0n) is 17.8. The summed E-state index contributed by atoms with van der Waals surface area (Å²) in [6.45, 7) is 9.22. The quantitative estimate of drug-likeness (QED) is 0.461. The van der Waals surface area contributed by atoms with Gasteiger partial charge in [-0.2, -0.15) is 5.10 Å². The molecule has 7 nitrogen and oxygen atoms in total. The number of aromatic nitrogens is 4. The smallest absolute Gasteiger partial charge is 0.251 e. The Morgan fingerprint density at radius 2 is 1.87 bits per heavy atom. The van der Waals surface area contributed by atoms with Crippen molar-refractivity contribution in [2.75, 3.05) is 30.3 Å². The Kier molecular flexibility index (Phi) is 6.22. The SMILES string of the molecule is CCSc1nc(N2CCCC2)c2cnn(CCNC(=O)c3cc(C)cc(C)c3)c2n1. The highest BCUT2D eigenvalue weighted by Crippen LogP contribution is 2.29. The molecule has 2 aromatic heterocycles. The Bertz CT molecular complexity index is 1040. The number of hydrogen-bond donors (Lipinski definition) is 1. The van der Waals surface area contributed by atoms with E-state index >= 15 is 0 Å². The van der Waals surface area contributed by atoms with Gasteiger partial charge in [-0.1, -0.05) is 35.9 Å². The van der Waals surface area contributed by atoms with E-state index < -0.39 is 0 Å². The number of thioether (sulfide) groups is 1. The van der Waals surface area contributed by atoms with Gasteiger partial charge in [-0.25, -0.2) is 14.6 Å². The summed E-state index contributed by atoms with van der Waals surface area (Å²) in [4.78, 5) is 24.4. The number of aryl methyl sites for hydroxylation is 2. The second-order valence-corrected chi connectivity index (χ2v) is 8.93. The number of anilines is 1. The predicted octanol–water partition coefficient (Wildman–Crippen LogP) is 3.59. The highest BCUT2D eigenvalue weighted by Gasteiger charge is 2.20. The maximum atomic E-state index is 12.5. The Hall–Kier alpha value is -2.61. The third-order valence-electron chi connectivity index (χ3n) is 5.23. The van der Waals surface area contributed by atoms with Gasteiger partial charge in [-0.3, -0.25) is 4.79 Å². The van der Waals surface area contributed by atoms with Crippen LogP contribution in [0.4, 0.5) is 5.82 Å². The van der Waals surface area contributed by atoms with Gasteiger partial charge in [0.1, 0.15) is 5.82 Å². The third-order valence-corrected chi connectivity index (χ3v) is 5.96. The van der Waals surface area contributed by atoms with Gasteiger partial charge in [-0.15, -0.1) is 0 Å². The molecule has 3 heterocycles. The normalized spacial score (nSPS) is 13.9. The van der Waals surface area contributed by atoms with Gasteiger partial charge in [0.25, 0.3) is 5.91 Å². The largest absolute Gasteiger partial charge is 0.356 e. The minimum atomic E-state index is -0.0622. The van der Waals surface area contributed by atoms with Crippen molar-refractivity contribution in [2.24, 2.45) is 0 Å². The molecular weight excluding hydrogens is 396 g/mol. The van der Waals surface area contributed by atoms with Crippen LogP contribution in [-0.2, 0) is 6.54 Å². The Labute approximate surface area is 181 Å². The molecule has 1 N–H and O–H groups in total. The molecule has 1 aliphatic heterocycles. The van der Waals surface area contributed by atoms with Crippen LogP contribution >= 0.6 is 11.8 Å². The van der Waals surface area contributed by atoms with Gasteiger partial charge in [0.05, 0.1) is 18.1 Å². The molecule has 1 saturated heterocycles. The van der Waals surface area contributed by atoms with E-state index in [0.29, 0.717) is 18.7 Å². The summed E-state index contributed by atoms with van der Waals surface area (Å²) in [6, 6.07) is 5.89. The molecule has 0 bridgehead atoms. The molecule has 0 spiro atoms. The van der Waals surface area contributed by atoms with E-state index in [1.54, 1.807) is 11.8 Å². The van der Waals surface area contributed by atoms with Crippen molar-refractivity contribution in [1.82, 2.24) is 25.1 Å². The first-order valence-electron chi connectivity index (χ1n) is 10.5. The van der Waals surface area contributed by atoms with Crippen LogP contribution in [0.1, 0.15) is 41.3 Å². The van der Waals surface area contributed by atoms with Gasteiger partial charge in [0.2, 0.25) is 0 Å². The van der Waals surface area contributed by atoms with Crippen molar-refractivity contribution in [1.29, 1.82) is 0 Å². The molecule has 0 aliphatic carbocycles. The van der Waals surface area contributed by atoms with Crippen LogP contribution in [0.15, 0.2) is 29.6 Å². The van der Waals surface area contributed by atoms with Gasteiger partial charge < -0.3 is 10.2 Å². The number of carbonyl (C=O) groups is 1. The van der Waals surface area contributed by atoms with E-state index in [2.05, 4.69) is 28.3 Å². The van der Waals surface area contributed by atoms with Crippen molar-refractivity contribution < 1.29 is 4.79 Å². The fraction of sp³-hybridized carbons (Fsp3) is 0.455. The van der Waals surface area contributed by atoms with Gasteiger partial charge >= 0.3 is 0 Å². The molecule has 8 heteroatoms. The van der Waals surface area contributed by atoms with E-state index in [1.165, 1.54) is 12.8 Å². The lowest BCUT2D eigenvalue weighted by atomic mass is 10.1. The van der Waals surface area contributed by atoms with Crippen LogP contribution in [0.2, 0.25) is 0 Å². The molecule has 4 rings (SSSR count). The lowest BCUT2D eigenvalue weighted by Crippen LogP contribution is -2.27. The Morgan fingerprint density at radius 1 is 1.13 bits per heavy atom. The van der Waals surface area contributed by atoms with Crippen LogP contribution in [0.5, 0.6) is 0 Å². The molecular formula is C22H28N6OS. The fourth-order valence-electron chi connectivity index (χ4n) is 3.93. The van der Waals surface area contributed by atoms with E-state index in [-0.39, 0.29) is 5.91 Å². The molecule has 0 saturated carbocycles. The Morgan fingerprint density at radius 3 is 2.57 bits per heavy atom. The second kappa shape index (κ2) is 9.04. The van der Waals surface area contributed by atoms with Crippen LogP contribution in [-0.4, -0.2) is 51.0 Å². The van der Waals surface area contributed by atoms with Crippen molar-refractivity contribution in [3.63, 3.8) is 0 Å². The number of rotatable bonds is 7. The zero-order chi connectivity index (χ0) is 21.1. The first-order valence-corrected chi connectivity index (χ1v) is 11.5. The fourth-order valence-corrected chi connectivity index (χ4v) is 4.49. The van der Waals surface area contributed by atoms with Crippen molar-refractivity contribution in [3.05, 3.63) is 41.1 Å². The van der Waals surface area contributed by atoms with E-state index in [1.807, 2.05) is 36.9 Å². The number of fused-ring (bicyclic) bond motifs is 1. The molecule has 1 aromatic carbocycles. The van der Waals surface area contributed by atoms with Gasteiger partial charge in [-0.05, 0) is 44.6 Å². The second-order valence-electron chi connectivity index (χ2n) is 7.69. The lowest BCUT2D eigenvalue weighted by molar-refractivity contribution is 0.0952. The maximum absolute atomic E-state index is 12.5. The highest BCUT2D eigenvalue weighted by molar-refractivity contribution is 7.99. The topological polar surface area (TPSA) is 75.9 Å². The summed E-state index contributed by atoms with van der Waals surface area (Å²) in [5.74, 6) is 1.84. The summed E-state index contributed by atoms with van der Waals surface area (Å²) in [6.07, 6.45) is 4.25. The number of hydrogen-bond acceptors (Lipinski definition) is 6. The number of carbonyl (C=O) groups excluding carboxylic acids is 1. The lowest BCUT2D eigenvalue weighted by Gasteiger charge is -2.17. The summed E-state index contributed by atoms with van der Waals surface area (Å²) in [5.41, 5.74) is 3.71. The van der Waals surface area contributed by atoms with Crippen molar-refractivity contribution in [3.8, 4) is 0 Å². The molecule has 1 amide bonds. The molecule has 3 aromatic rings. The molecule has 1 fully saturated rings. The summed E-state index contributed by atoms with van der Waals surface area (Å²) in [7, 11) is 0. The summed E-state index contributed by atoms with van der Waals surface area (Å²) >= 11 is 1.64. The van der Waals surface area contributed by atoms with E-state index in [0.717, 1.165) is 52.0 Å². The average Bonchev–Trinajstić information content (AvgIpc) is 3.37. The molecule has 0 radical (unpaired) electrons. The number of nitrogens with one attached hydrogen (secondary N) is 1. The third kappa shape index (κ3) is 4.43. The number of amides is 1. The number of benzene rings is 1. The average molecular weight is 425 g/mol. The van der Waals surface area contributed by atoms with Crippen LogP contribution in [0, 0.1) is 13.8 Å². The maximum Gasteiger partial charge on any atom is 0.251 e. The van der Waals surface area contributed by atoms with Crippen LogP contribution in [0.25, 0.3) is 11.0 Å². The van der Waals surface area contributed by atoms with Crippen LogP contribution in [0.3, 0.4) is 0 Å². The Balaban J connectivity index is 1.52. The monoisotopic (exact) mass is 424 g/mol. The first-order chi connectivity index (χ1) is 14.5. The highest BCUT2D eigenvalue weighted by atomic mass is 32.2. The van der Waals surface area contributed by atoms with Crippen molar-refractivity contribution >= 4 is 34.5 Å². The minimum Gasteiger partial charge on any atom is -0.356 e. The summed E-state index contributed by atoms with van der Waals surface area (Å²) < 4.78 is 1.87. The molecule has 0 atom stereocenters. The zero-order valence-corrected chi connectivity index (χ0v) is 18.6. The first kappa shape index (κ1) is 20.7. The number of nitrogens with zero attached hydrogens (tertiary/aromatic N) is 5. The molecule has 30 heavy (non-hydrogen) atoms. The molecule has 0 unspecified atom stereocenters. The molecule has 1 aliphatic rings. The van der Waals surface area contributed by atoms with E-state index in [4.69, 9.17) is 9.97 Å². The standard InChI is InChI=1S/C22H28N6OS/c1-4-30-22-25-19(27-8-5-6-9-27)18-14-24-28(20(18)26-22)10-7-23-21(29)17-12-15(2)11-16(3)13-17/h11-14H,4-10H2,1-3H3,(H,23,29). The molecule has 158 valence electrons. The summed E-state index contributed by atoms with van der Waals surface area (Å²) in [5, 5.41) is 9.33.